The second-order valence-corrected chi connectivity index (χ2v) is 20.0. The van der Waals surface area contributed by atoms with Crippen LogP contribution in [0.4, 0.5) is 0 Å². The van der Waals surface area contributed by atoms with Gasteiger partial charge in [0.15, 0.2) is 0 Å². The highest BCUT2D eigenvalue weighted by atomic mass is 16.5. The third-order valence-electron chi connectivity index (χ3n) is 13.5. The standard InChI is InChI=1S/C59H113NO5/c1-3-5-7-9-11-13-15-17-18-19-20-21-22-23-24-25-26-28-31-35-39-43-47-51-57(62)56(55-61)60-58(63)52-48-44-40-36-32-29-27-30-34-38-42-46-50-54-65-59(64)53-49-45-41-37-33-16-14-12-10-8-6-4-2/h12,14,29,32,56-57,61-62H,3-11,13,15-28,30-31,33-55H2,1-2H3,(H,60,63)/b14-12-,32-29-. The summed E-state index contributed by atoms with van der Waals surface area (Å²) >= 11 is 0. The lowest BCUT2D eigenvalue weighted by Gasteiger charge is -2.22. The Balaban J connectivity index is 3.49. The first-order valence-electron chi connectivity index (χ1n) is 29.1. The van der Waals surface area contributed by atoms with Gasteiger partial charge < -0.3 is 20.3 Å². The number of carbonyl (C=O) groups excluding carboxylic acids is 2. The molecule has 0 spiro atoms. The largest absolute Gasteiger partial charge is 0.466 e. The number of carbonyl (C=O) groups is 2. The van der Waals surface area contributed by atoms with Crippen molar-refractivity contribution in [3.63, 3.8) is 0 Å². The van der Waals surface area contributed by atoms with Gasteiger partial charge >= 0.3 is 5.97 Å². The van der Waals surface area contributed by atoms with Crippen molar-refractivity contribution in [1.82, 2.24) is 5.32 Å². The molecule has 0 saturated carbocycles. The lowest BCUT2D eigenvalue weighted by atomic mass is 10.0. The van der Waals surface area contributed by atoms with Crippen LogP contribution < -0.4 is 5.32 Å². The monoisotopic (exact) mass is 916 g/mol. The zero-order valence-electron chi connectivity index (χ0n) is 43.7. The van der Waals surface area contributed by atoms with Gasteiger partial charge in [-0.2, -0.15) is 0 Å². The van der Waals surface area contributed by atoms with E-state index in [-0.39, 0.29) is 18.5 Å². The smallest absolute Gasteiger partial charge is 0.305 e. The Morgan fingerprint density at radius 2 is 0.723 bits per heavy atom. The summed E-state index contributed by atoms with van der Waals surface area (Å²) in [7, 11) is 0. The van der Waals surface area contributed by atoms with E-state index in [1.807, 2.05) is 0 Å². The molecule has 65 heavy (non-hydrogen) atoms. The van der Waals surface area contributed by atoms with E-state index in [1.54, 1.807) is 0 Å². The van der Waals surface area contributed by atoms with E-state index < -0.39 is 12.1 Å². The van der Waals surface area contributed by atoms with Crippen molar-refractivity contribution >= 4 is 11.9 Å². The maximum atomic E-state index is 12.5. The van der Waals surface area contributed by atoms with E-state index >= 15 is 0 Å². The molecule has 384 valence electrons. The summed E-state index contributed by atoms with van der Waals surface area (Å²) < 4.78 is 5.44. The van der Waals surface area contributed by atoms with Gasteiger partial charge in [-0.1, -0.05) is 250 Å². The fourth-order valence-corrected chi connectivity index (χ4v) is 8.98. The van der Waals surface area contributed by atoms with Gasteiger partial charge in [0, 0.05) is 12.8 Å². The fourth-order valence-electron chi connectivity index (χ4n) is 8.98. The summed E-state index contributed by atoms with van der Waals surface area (Å²) in [5.74, 6) is -0.0846. The predicted molar refractivity (Wildman–Crippen MR) is 283 cm³/mol. The first-order chi connectivity index (χ1) is 32.0. The zero-order valence-corrected chi connectivity index (χ0v) is 43.7. The molecule has 6 heteroatoms. The number of ether oxygens (including phenoxy) is 1. The number of esters is 1. The molecule has 1 amide bonds. The number of nitrogens with one attached hydrogen (secondary N) is 1. The Hall–Kier alpha value is -1.66. The zero-order chi connectivity index (χ0) is 47.2. The Morgan fingerprint density at radius 1 is 0.415 bits per heavy atom. The van der Waals surface area contributed by atoms with E-state index in [4.69, 9.17) is 4.74 Å². The average Bonchev–Trinajstić information content (AvgIpc) is 3.31. The molecule has 2 atom stereocenters. The average molecular weight is 917 g/mol. The number of rotatable bonds is 54. The predicted octanol–water partition coefficient (Wildman–Crippen LogP) is 17.9. The molecule has 0 saturated heterocycles. The second kappa shape index (κ2) is 54.9. The molecule has 0 aliphatic carbocycles. The van der Waals surface area contributed by atoms with Gasteiger partial charge in [0.05, 0.1) is 25.4 Å². The minimum absolute atomic E-state index is 0.0220. The number of allylic oxidation sites excluding steroid dienone is 4. The highest BCUT2D eigenvalue weighted by Crippen LogP contribution is 2.17. The second-order valence-electron chi connectivity index (χ2n) is 20.0. The number of hydrogen-bond donors (Lipinski definition) is 3. The lowest BCUT2D eigenvalue weighted by Crippen LogP contribution is -2.45. The summed E-state index contributed by atoms with van der Waals surface area (Å²) in [5.41, 5.74) is 0. The molecule has 0 aromatic carbocycles. The van der Waals surface area contributed by atoms with Gasteiger partial charge in [0.25, 0.3) is 0 Å². The summed E-state index contributed by atoms with van der Waals surface area (Å²) in [6.45, 7) is 4.90. The van der Waals surface area contributed by atoms with Crippen LogP contribution in [-0.2, 0) is 14.3 Å². The molecule has 0 radical (unpaired) electrons. The minimum Gasteiger partial charge on any atom is -0.466 e. The summed E-state index contributed by atoms with van der Waals surface area (Å²) in [4.78, 5) is 24.5. The Kier molecular flexibility index (Phi) is 53.5. The number of aliphatic hydroxyl groups is 2. The molecule has 0 rings (SSSR count). The van der Waals surface area contributed by atoms with Crippen LogP contribution in [0.2, 0.25) is 0 Å². The molecular formula is C59H113NO5. The maximum absolute atomic E-state index is 12.5. The normalized spacial score (nSPS) is 12.7. The topological polar surface area (TPSA) is 95.9 Å². The molecule has 3 N–H and O–H groups in total. The molecule has 0 bridgehead atoms. The van der Waals surface area contributed by atoms with Crippen LogP contribution in [-0.4, -0.2) is 47.4 Å². The van der Waals surface area contributed by atoms with Gasteiger partial charge in [-0.25, -0.2) is 0 Å². The number of amides is 1. The van der Waals surface area contributed by atoms with Crippen molar-refractivity contribution in [2.75, 3.05) is 13.2 Å². The van der Waals surface area contributed by atoms with E-state index in [0.717, 1.165) is 70.6 Å². The highest BCUT2D eigenvalue weighted by Gasteiger charge is 2.20. The van der Waals surface area contributed by atoms with Gasteiger partial charge in [0.1, 0.15) is 0 Å². The van der Waals surface area contributed by atoms with Gasteiger partial charge in [-0.05, 0) is 77.0 Å². The van der Waals surface area contributed by atoms with Crippen LogP contribution in [0.15, 0.2) is 24.3 Å². The maximum Gasteiger partial charge on any atom is 0.305 e. The molecule has 0 fully saturated rings. The van der Waals surface area contributed by atoms with Gasteiger partial charge in [0.2, 0.25) is 5.91 Å². The van der Waals surface area contributed by atoms with Crippen LogP contribution in [0.3, 0.4) is 0 Å². The summed E-state index contributed by atoms with van der Waals surface area (Å²) in [5, 5.41) is 23.3. The summed E-state index contributed by atoms with van der Waals surface area (Å²) in [6, 6.07) is -0.563. The number of hydrogen-bond acceptors (Lipinski definition) is 5. The van der Waals surface area contributed by atoms with Crippen molar-refractivity contribution in [1.29, 1.82) is 0 Å². The molecule has 0 aliphatic rings. The van der Waals surface area contributed by atoms with Gasteiger partial charge in [-0.15, -0.1) is 0 Å². The molecule has 2 unspecified atom stereocenters. The molecule has 0 heterocycles. The van der Waals surface area contributed by atoms with Crippen molar-refractivity contribution in [2.24, 2.45) is 0 Å². The Labute approximate surface area is 405 Å². The van der Waals surface area contributed by atoms with Crippen LogP contribution in [0.5, 0.6) is 0 Å². The van der Waals surface area contributed by atoms with Gasteiger partial charge in [-0.3, -0.25) is 9.59 Å². The quantitative estimate of drug-likeness (QED) is 0.0321. The van der Waals surface area contributed by atoms with Crippen LogP contribution in [0.1, 0.15) is 316 Å². The van der Waals surface area contributed by atoms with E-state index in [0.29, 0.717) is 25.9 Å². The SMILES string of the molecule is CCCCC/C=C\CCCCCCCC(=O)OCCCCCCCC/C=C\CCCCCC(=O)NC(CO)C(O)CCCCCCCCCCCCCCCCCCCCCCCCC. The number of aliphatic hydroxyl groups excluding tert-OH is 2. The Morgan fingerprint density at radius 3 is 1.14 bits per heavy atom. The molecule has 0 aromatic heterocycles. The van der Waals surface area contributed by atoms with Crippen molar-refractivity contribution in [3.8, 4) is 0 Å². The summed E-state index contributed by atoms with van der Waals surface area (Å²) in [6.07, 6.45) is 66.0. The third kappa shape index (κ3) is 51.6. The van der Waals surface area contributed by atoms with E-state index in [9.17, 15) is 19.8 Å². The van der Waals surface area contributed by atoms with E-state index in [1.165, 1.54) is 212 Å². The van der Waals surface area contributed by atoms with Crippen LogP contribution in [0.25, 0.3) is 0 Å². The molecule has 6 nitrogen and oxygen atoms in total. The first kappa shape index (κ1) is 63.3. The highest BCUT2D eigenvalue weighted by molar-refractivity contribution is 5.76. The third-order valence-corrected chi connectivity index (χ3v) is 13.5. The minimum atomic E-state index is -0.683. The molecular weight excluding hydrogens is 803 g/mol. The Bertz CT molecular complexity index is 1010. The fraction of sp³-hybridized carbons (Fsp3) is 0.898. The lowest BCUT2D eigenvalue weighted by molar-refractivity contribution is -0.143. The van der Waals surface area contributed by atoms with Crippen LogP contribution in [0, 0.1) is 0 Å². The molecule has 0 aliphatic heterocycles. The van der Waals surface area contributed by atoms with Crippen molar-refractivity contribution in [2.45, 2.75) is 328 Å². The number of unbranched alkanes of at least 4 members (excludes halogenated alkanes) is 39. The first-order valence-corrected chi connectivity index (χ1v) is 29.1. The molecule has 0 aromatic rings. The van der Waals surface area contributed by atoms with Crippen molar-refractivity contribution in [3.05, 3.63) is 24.3 Å². The van der Waals surface area contributed by atoms with E-state index in [2.05, 4.69) is 43.5 Å². The van der Waals surface area contributed by atoms with Crippen molar-refractivity contribution < 1.29 is 24.5 Å². The van der Waals surface area contributed by atoms with Crippen LogP contribution >= 0.6 is 0 Å².